The van der Waals surface area contributed by atoms with Gasteiger partial charge in [0, 0.05) is 30.6 Å². The highest BCUT2D eigenvalue weighted by atomic mass is 16.6. The lowest BCUT2D eigenvalue weighted by Gasteiger charge is -2.65. The maximum absolute atomic E-state index is 14.1. The van der Waals surface area contributed by atoms with E-state index in [0.29, 0.717) is 25.3 Å². The first-order valence-corrected chi connectivity index (χ1v) is 10.8. The zero-order valence-electron chi connectivity index (χ0n) is 16.4. The Kier molecular flexibility index (Phi) is 4.41. The molecule has 2 aromatic rings. The Hall–Kier alpha value is -1.97. The second-order valence-electron chi connectivity index (χ2n) is 9.23. The van der Waals surface area contributed by atoms with Crippen LogP contribution >= 0.6 is 0 Å². The highest BCUT2D eigenvalue weighted by Gasteiger charge is 2.62. The predicted molar refractivity (Wildman–Crippen MR) is 111 cm³/mol. The van der Waals surface area contributed by atoms with Crippen molar-refractivity contribution in [3.63, 3.8) is 0 Å². The molecular weight excluding hydrogens is 346 g/mol. The molecule has 0 N–H and O–H groups in total. The van der Waals surface area contributed by atoms with E-state index in [1.54, 1.807) is 0 Å². The first kappa shape index (κ1) is 18.1. The van der Waals surface area contributed by atoms with E-state index in [4.69, 9.17) is 0 Å². The van der Waals surface area contributed by atoms with E-state index in [9.17, 15) is 10.0 Å². The number of hydrogen-bond donors (Lipinski definition) is 0. The van der Waals surface area contributed by atoms with Crippen LogP contribution in [0.25, 0.3) is 0 Å². The molecule has 146 valence electrons. The number of rotatable bonds is 3. The zero-order valence-corrected chi connectivity index (χ0v) is 16.4. The molecule has 4 fully saturated rings. The summed E-state index contributed by atoms with van der Waals surface area (Å²) in [6.07, 6.45) is 5.34. The van der Waals surface area contributed by atoms with Gasteiger partial charge in [0.25, 0.3) is 0 Å². The Balaban J connectivity index is 1.62. The van der Waals surface area contributed by atoms with Crippen molar-refractivity contribution < 1.29 is 9.44 Å². The van der Waals surface area contributed by atoms with Crippen molar-refractivity contribution in [2.45, 2.75) is 55.9 Å². The topological polar surface area (TPSA) is 40.1 Å². The molecule has 0 spiro atoms. The van der Waals surface area contributed by atoms with Crippen LogP contribution in [0.3, 0.4) is 0 Å². The summed E-state index contributed by atoms with van der Waals surface area (Å²) in [6, 6.07) is 20.9. The Bertz CT molecular complexity index is 792. The first-order valence-electron chi connectivity index (χ1n) is 10.8. The molecule has 0 radical (unpaired) electrons. The number of carbonyl (C=O) groups excluding carboxylic acids is 1. The highest BCUT2D eigenvalue weighted by molar-refractivity contribution is 5.86. The van der Waals surface area contributed by atoms with Crippen molar-refractivity contribution >= 4 is 5.78 Å². The van der Waals surface area contributed by atoms with Crippen molar-refractivity contribution in [1.82, 2.24) is 0 Å². The van der Waals surface area contributed by atoms with E-state index in [2.05, 4.69) is 48.5 Å². The Morgan fingerprint density at radius 2 is 1.29 bits per heavy atom. The van der Waals surface area contributed by atoms with Gasteiger partial charge in [-0.3, -0.25) is 4.79 Å². The highest BCUT2D eigenvalue weighted by Crippen LogP contribution is 2.60. The smallest absolute Gasteiger partial charge is 0.143 e. The fourth-order valence-electron chi connectivity index (χ4n) is 6.50. The lowest BCUT2D eigenvalue weighted by Crippen LogP contribution is -2.69. The van der Waals surface area contributed by atoms with Crippen LogP contribution in [0.1, 0.15) is 61.5 Å². The average molecular weight is 376 g/mol. The molecule has 28 heavy (non-hydrogen) atoms. The third kappa shape index (κ3) is 2.75. The van der Waals surface area contributed by atoms with Gasteiger partial charge in [0.05, 0.1) is 19.5 Å². The normalized spacial score (nSPS) is 34.3. The fraction of sp³-hybridized carbons (Fsp3) is 0.480. The van der Waals surface area contributed by atoms with Gasteiger partial charge in [-0.2, -0.15) is 0 Å². The van der Waals surface area contributed by atoms with Crippen LogP contribution in [0.2, 0.25) is 0 Å². The van der Waals surface area contributed by atoms with Crippen LogP contribution in [0, 0.1) is 11.1 Å². The van der Waals surface area contributed by atoms with Crippen molar-refractivity contribution in [2.24, 2.45) is 5.92 Å². The number of carbonyl (C=O) groups is 1. The number of fused-ring (bicyclic) bond motifs is 3. The quantitative estimate of drug-likeness (QED) is 0.548. The first-order chi connectivity index (χ1) is 13.6. The van der Waals surface area contributed by atoms with Crippen LogP contribution in [0.5, 0.6) is 0 Å². The second-order valence-corrected chi connectivity index (χ2v) is 9.23. The summed E-state index contributed by atoms with van der Waals surface area (Å²) in [5, 5.41) is 14.1. The van der Waals surface area contributed by atoms with Gasteiger partial charge in [0.1, 0.15) is 11.3 Å². The molecular formula is C25H29NO2. The molecule has 3 heteroatoms. The van der Waals surface area contributed by atoms with E-state index in [1.165, 1.54) is 11.1 Å². The van der Waals surface area contributed by atoms with E-state index in [-0.39, 0.29) is 22.4 Å². The molecule has 0 unspecified atom stereocenters. The number of hydroxylamine groups is 3. The third-order valence-electron chi connectivity index (χ3n) is 7.80. The predicted octanol–water partition coefficient (Wildman–Crippen LogP) is 5.17. The lowest BCUT2D eigenvalue weighted by atomic mass is 9.52. The largest absolute Gasteiger partial charge is 0.632 e. The zero-order chi connectivity index (χ0) is 19.2. The Labute approximate surface area is 167 Å². The maximum atomic E-state index is 14.1. The molecule has 6 rings (SSSR count). The van der Waals surface area contributed by atoms with Crippen molar-refractivity contribution in [1.29, 1.82) is 0 Å². The number of piperidine rings is 1. The van der Waals surface area contributed by atoms with E-state index in [1.807, 2.05) is 12.1 Å². The summed E-state index contributed by atoms with van der Waals surface area (Å²) < 4.78 is -0.141. The van der Waals surface area contributed by atoms with E-state index in [0.717, 1.165) is 32.1 Å². The molecule has 3 nitrogen and oxygen atoms in total. The molecule has 1 heterocycles. The minimum Gasteiger partial charge on any atom is -0.632 e. The third-order valence-corrected chi connectivity index (χ3v) is 7.80. The molecule has 0 amide bonds. The van der Waals surface area contributed by atoms with Crippen molar-refractivity contribution in [2.75, 3.05) is 13.1 Å². The van der Waals surface area contributed by atoms with Crippen LogP contribution in [0.4, 0.5) is 0 Å². The van der Waals surface area contributed by atoms with Gasteiger partial charge in [-0.25, -0.2) is 0 Å². The Morgan fingerprint density at radius 1 is 0.786 bits per heavy atom. The van der Waals surface area contributed by atoms with Crippen LogP contribution in [0.15, 0.2) is 60.7 Å². The van der Waals surface area contributed by atoms with Gasteiger partial charge in [-0.05, 0) is 30.4 Å². The van der Waals surface area contributed by atoms with E-state index < -0.39 is 5.54 Å². The summed E-state index contributed by atoms with van der Waals surface area (Å²) in [6.45, 7) is 1.36. The molecule has 2 aromatic carbocycles. The molecule has 1 aliphatic heterocycles. The lowest BCUT2D eigenvalue weighted by molar-refractivity contribution is -0.939. The van der Waals surface area contributed by atoms with Gasteiger partial charge < -0.3 is 9.85 Å². The number of benzene rings is 2. The molecule has 3 saturated carbocycles. The number of Topliss-reactive ketones (excluding diaryl/α,β-unsaturated/α-hetero) is 1. The summed E-state index contributed by atoms with van der Waals surface area (Å²) >= 11 is 0. The van der Waals surface area contributed by atoms with Gasteiger partial charge in [0.15, 0.2) is 0 Å². The molecule has 2 atom stereocenters. The summed E-state index contributed by atoms with van der Waals surface area (Å²) in [5.74, 6) is 0.641. The summed E-state index contributed by atoms with van der Waals surface area (Å²) in [4.78, 5) is 13.5. The molecule has 4 aliphatic rings. The van der Waals surface area contributed by atoms with Crippen molar-refractivity contribution in [3.8, 4) is 0 Å². The average Bonchev–Trinajstić information content (AvgIpc) is 2.75. The SMILES string of the molecule is O=C1CC2([N+]3([O-])CCCCC3)C[C@@H](c3ccccc3)C1[C@H](c1ccccc1)C2. The van der Waals surface area contributed by atoms with Gasteiger partial charge in [0.2, 0.25) is 0 Å². The van der Waals surface area contributed by atoms with Gasteiger partial charge in [-0.15, -0.1) is 0 Å². The van der Waals surface area contributed by atoms with Gasteiger partial charge >= 0.3 is 0 Å². The monoisotopic (exact) mass is 375 g/mol. The van der Waals surface area contributed by atoms with Crippen LogP contribution < -0.4 is 0 Å². The minimum absolute atomic E-state index is 0.00284. The summed E-state index contributed by atoms with van der Waals surface area (Å²) in [7, 11) is 0. The molecule has 2 bridgehead atoms. The number of quaternary nitrogens is 1. The number of likely N-dealkylation sites (tertiary alicyclic amines) is 1. The fourth-order valence-corrected chi connectivity index (χ4v) is 6.50. The number of ketones is 1. The molecule has 3 aliphatic carbocycles. The standard InChI is InChI=1S/C25H29NO2/c27-23-18-25(26(28)14-8-3-9-15-26)16-21(19-10-4-1-5-11-19)24(23)22(17-25)20-12-6-2-7-13-20/h1-2,4-7,10-13,21-22,24H,3,8-9,14-18H2/t21-,22-,24?,25?/m0/s1. The molecule has 1 saturated heterocycles. The minimum atomic E-state index is -0.451. The number of nitrogens with zero attached hydrogens (tertiary/aromatic N) is 1. The van der Waals surface area contributed by atoms with Crippen LogP contribution in [-0.2, 0) is 4.79 Å². The maximum Gasteiger partial charge on any atom is 0.143 e. The van der Waals surface area contributed by atoms with Gasteiger partial charge in [-0.1, -0.05) is 60.7 Å². The Morgan fingerprint density at radius 3 is 1.79 bits per heavy atom. The van der Waals surface area contributed by atoms with E-state index >= 15 is 0 Å². The molecule has 0 aromatic heterocycles. The van der Waals surface area contributed by atoms with Crippen LogP contribution in [-0.4, -0.2) is 29.1 Å². The summed E-state index contributed by atoms with van der Waals surface area (Å²) in [5.41, 5.74) is 2.01. The number of hydrogen-bond acceptors (Lipinski definition) is 2. The van der Waals surface area contributed by atoms with Crippen molar-refractivity contribution in [3.05, 3.63) is 77.0 Å². The second kappa shape index (κ2) is 6.82.